The molecule has 0 saturated heterocycles. The van der Waals surface area contributed by atoms with Gasteiger partial charge in [0.15, 0.2) is 11.9 Å². The minimum absolute atomic E-state index is 0.162. The van der Waals surface area contributed by atoms with Gasteiger partial charge in [0.05, 0.1) is 18.7 Å². The van der Waals surface area contributed by atoms with E-state index in [-0.39, 0.29) is 23.8 Å². The molecule has 1 aliphatic heterocycles. The molecule has 146 valence electrons. The molecule has 0 bridgehead atoms. The van der Waals surface area contributed by atoms with Crippen molar-refractivity contribution >= 4 is 17.6 Å². The maximum absolute atomic E-state index is 13.0. The molecule has 1 unspecified atom stereocenters. The van der Waals surface area contributed by atoms with Crippen LogP contribution in [0.25, 0.3) is 0 Å². The molecule has 0 saturated carbocycles. The summed E-state index contributed by atoms with van der Waals surface area (Å²) in [5, 5.41) is 0. The average Bonchev–Trinajstić information content (AvgIpc) is 2.79. The van der Waals surface area contributed by atoms with Crippen LogP contribution in [0.3, 0.4) is 0 Å². The zero-order chi connectivity index (χ0) is 20.3. The van der Waals surface area contributed by atoms with Gasteiger partial charge in [0.2, 0.25) is 0 Å². The lowest BCUT2D eigenvalue weighted by molar-refractivity contribution is -0.136. The normalized spacial score (nSPS) is 16.4. The number of imide groups is 1. The Morgan fingerprint density at radius 2 is 1.89 bits per heavy atom. The summed E-state index contributed by atoms with van der Waals surface area (Å²) in [6.45, 7) is 5.66. The highest BCUT2D eigenvalue weighted by atomic mass is 16.5. The zero-order valence-electron chi connectivity index (χ0n) is 16.2. The van der Waals surface area contributed by atoms with Gasteiger partial charge in [-0.2, -0.15) is 0 Å². The number of fused-ring (bicyclic) bond motifs is 1. The smallest absolute Gasteiger partial charge is 0.271 e. The Morgan fingerprint density at radius 1 is 1.14 bits per heavy atom. The molecule has 28 heavy (non-hydrogen) atoms. The summed E-state index contributed by atoms with van der Waals surface area (Å²) in [7, 11) is 0. The number of amides is 2. The van der Waals surface area contributed by atoms with E-state index in [4.69, 9.17) is 9.47 Å². The van der Waals surface area contributed by atoms with Crippen LogP contribution in [0.15, 0.2) is 48.5 Å². The molecule has 2 aromatic rings. The van der Waals surface area contributed by atoms with Gasteiger partial charge in [-0.25, -0.2) is 0 Å². The van der Waals surface area contributed by atoms with E-state index < -0.39 is 17.9 Å². The Hall–Kier alpha value is -3.15. The maximum atomic E-state index is 13.0. The first kappa shape index (κ1) is 19.6. The predicted octanol–water partition coefficient (Wildman–Crippen LogP) is 3.35. The summed E-state index contributed by atoms with van der Waals surface area (Å²) in [4.78, 5) is 39.8. The van der Waals surface area contributed by atoms with Crippen LogP contribution in [0.5, 0.6) is 11.5 Å². The lowest BCUT2D eigenvalue weighted by atomic mass is 10.0. The molecule has 6 nitrogen and oxygen atoms in total. The van der Waals surface area contributed by atoms with Crippen LogP contribution in [0.1, 0.15) is 41.5 Å². The Kier molecular flexibility index (Phi) is 5.78. The van der Waals surface area contributed by atoms with Crippen LogP contribution < -0.4 is 9.47 Å². The summed E-state index contributed by atoms with van der Waals surface area (Å²) in [5.41, 5.74) is 0.654. The lowest BCUT2D eigenvalue weighted by Gasteiger charge is -2.24. The third-order valence-electron chi connectivity index (χ3n) is 4.50. The zero-order valence-corrected chi connectivity index (χ0v) is 16.2. The van der Waals surface area contributed by atoms with Crippen LogP contribution >= 0.6 is 0 Å². The van der Waals surface area contributed by atoms with Gasteiger partial charge in [0.25, 0.3) is 11.8 Å². The quantitative estimate of drug-likeness (QED) is 0.567. The van der Waals surface area contributed by atoms with Gasteiger partial charge in [-0.3, -0.25) is 19.3 Å². The summed E-state index contributed by atoms with van der Waals surface area (Å²) in [6, 6.07) is 13.4. The Labute approximate surface area is 164 Å². The lowest BCUT2D eigenvalue weighted by Crippen LogP contribution is -2.47. The fraction of sp³-hybridized carbons (Fsp3) is 0.318. The number of Topliss-reactive ketones (excluding diaryl/α,β-unsaturated/α-hetero) is 1. The van der Waals surface area contributed by atoms with Crippen molar-refractivity contribution in [3.05, 3.63) is 59.7 Å². The van der Waals surface area contributed by atoms with Gasteiger partial charge in [-0.05, 0) is 37.1 Å². The van der Waals surface area contributed by atoms with Crippen LogP contribution in [0.2, 0.25) is 0 Å². The van der Waals surface area contributed by atoms with Crippen LogP contribution in [0, 0.1) is 5.92 Å². The first-order chi connectivity index (χ1) is 13.4. The van der Waals surface area contributed by atoms with Gasteiger partial charge in [-0.1, -0.05) is 38.1 Å². The number of rotatable bonds is 6. The van der Waals surface area contributed by atoms with Gasteiger partial charge >= 0.3 is 0 Å². The van der Waals surface area contributed by atoms with Crippen molar-refractivity contribution in [2.75, 3.05) is 13.2 Å². The number of hydrogen-bond acceptors (Lipinski definition) is 5. The van der Waals surface area contributed by atoms with E-state index >= 15 is 0 Å². The monoisotopic (exact) mass is 381 g/mol. The average molecular weight is 381 g/mol. The van der Waals surface area contributed by atoms with E-state index in [1.54, 1.807) is 48.5 Å². The first-order valence-corrected chi connectivity index (χ1v) is 9.29. The minimum atomic E-state index is -0.838. The van der Waals surface area contributed by atoms with Crippen molar-refractivity contribution in [3.63, 3.8) is 0 Å². The van der Waals surface area contributed by atoms with Gasteiger partial charge in [0, 0.05) is 5.56 Å². The number of ether oxygens (including phenoxy) is 2. The van der Waals surface area contributed by atoms with Crippen molar-refractivity contribution in [3.8, 4) is 11.5 Å². The number of carbonyl (C=O) groups is 3. The minimum Gasteiger partial charge on any atom is -0.494 e. The highest BCUT2D eigenvalue weighted by Gasteiger charge is 2.38. The third kappa shape index (κ3) is 3.91. The van der Waals surface area contributed by atoms with Crippen molar-refractivity contribution in [1.82, 2.24) is 4.90 Å². The van der Waals surface area contributed by atoms with Crippen molar-refractivity contribution < 1.29 is 23.9 Å². The molecule has 0 aromatic heterocycles. The standard InChI is InChI=1S/C22H23NO5/c1-4-27-16-9-7-8-15(12-16)18(24)13-23-21(25)17-10-5-6-11-19(17)28-20(14(2)3)22(23)26/h5-12,14,20H,4,13H2,1-3H3. The molecule has 2 aromatic carbocycles. The van der Waals surface area contributed by atoms with Crippen LogP contribution in [-0.2, 0) is 4.79 Å². The number of ketones is 1. The fourth-order valence-corrected chi connectivity index (χ4v) is 3.06. The Balaban J connectivity index is 1.92. The molecule has 0 aliphatic carbocycles. The second-order valence-corrected chi connectivity index (χ2v) is 6.89. The molecule has 0 radical (unpaired) electrons. The second kappa shape index (κ2) is 8.25. The van der Waals surface area contributed by atoms with Crippen molar-refractivity contribution in [2.24, 2.45) is 5.92 Å². The molecular formula is C22H23NO5. The number of carbonyl (C=O) groups excluding carboxylic acids is 3. The number of nitrogens with zero attached hydrogens (tertiary/aromatic N) is 1. The third-order valence-corrected chi connectivity index (χ3v) is 4.50. The van der Waals surface area contributed by atoms with Gasteiger partial charge in [-0.15, -0.1) is 0 Å². The molecule has 0 fully saturated rings. The van der Waals surface area contributed by atoms with E-state index in [1.807, 2.05) is 20.8 Å². The molecule has 1 atom stereocenters. The molecule has 1 heterocycles. The van der Waals surface area contributed by atoms with E-state index in [0.29, 0.717) is 23.7 Å². The van der Waals surface area contributed by atoms with E-state index in [9.17, 15) is 14.4 Å². The molecule has 0 spiro atoms. The highest BCUT2D eigenvalue weighted by molar-refractivity contribution is 6.12. The summed E-state index contributed by atoms with van der Waals surface area (Å²) < 4.78 is 11.3. The van der Waals surface area contributed by atoms with Gasteiger partial charge in [0.1, 0.15) is 11.5 Å². The van der Waals surface area contributed by atoms with E-state index in [2.05, 4.69) is 0 Å². The fourth-order valence-electron chi connectivity index (χ4n) is 3.06. The summed E-state index contributed by atoms with van der Waals surface area (Å²) in [6.07, 6.45) is -0.838. The molecular weight excluding hydrogens is 358 g/mol. The van der Waals surface area contributed by atoms with Crippen LogP contribution in [-0.4, -0.2) is 41.8 Å². The highest BCUT2D eigenvalue weighted by Crippen LogP contribution is 2.28. The summed E-state index contributed by atoms with van der Waals surface area (Å²) >= 11 is 0. The van der Waals surface area contributed by atoms with Crippen molar-refractivity contribution in [2.45, 2.75) is 26.9 Å². The first-order valence-electron chi connectivity index (χ1n) is 9.29. The number of para-hydroxylation sites is 1. The molecule has 0 N–H and O–H groups in total. The van der Waals surface area contributed by atoms with Gasteiger partial charge < -0.3 is 9.47 Å². The predicted molar refractivity (Wildman–Crippen MR) is 104 cm³/mol. The van der Waals surface area contributed by atoms with Crippen molar-refractivity contribution in [1.29, 1.82) is 0 Å². The number of hydrogen-bond donors (Lipinski definition) is 0. The van der Waals surface area contributed by atoms with E-state index in [0.717, 1.165) is 4.90 Å². The Bertz CT molecular complexity index is 905. The summed E-state index contributed by atoms with van der Waals surface area (Å²) in [5.74, 6) is -0.623. The second-order valence-electron chi connectivity index (χ2n) is 6.89. The van der Waals surface area contributed by atoms with Crippen LogP contribution in [0.4, 0.5) is 0 Å². The maximum Gasteiger partial charge on any atom is 0.271 e. The number of benzene rings is 2. The Morgan fingerprint density at radius 3 is 2.61 bits per heavy atom. The largest absolute Gasteiger partial charge is 0.494 e. The molecule has 6 heteroatoms. The topological polar surface area (TPSA) is 72.9 Å². The molecule has 1 aliphatic rings. The molecule has 3 rings (SSSR count). The SMILES string of the molecule is CCOc1cccc(C(=O)CN2C(=O)c3ccccc3OC(C(C)C)C2=O)c1. The van der Waals surface area contributed by atoms with E-state index in [1.165, 1.54) is 0 Å². The molecule has 2 amide bonds.